The van der Waals surface area contributed by atoms with E-state index < -0.39 is 0 Å². The maximum Gasteiger partial charge on any atom is 0.251 e. The van der Waals surface area contributed by atoms with Gasteiger partial charge in [-0.3, -0.25) is 9.69 Å². The SMILES string of the molecule is COc1cccc(OC)c1CN1CCc2nnc(CCNC(=O)c3ccc(C)cc3)n2CC1. The number of aromatic nitrogens is 3. The van der Waals surface area contributed by atoms with E-state index >= 15 is 0 Å². The summed E-state index contributed by atoms with van der Waals surface area (Å²) in [4.78, 5) is 14.8. The lowest BCUT2D eigenvalue weighted by Crippen LogP contribution is -2.28. The third-order valence-electron chi connectivity index (χ3n) is 6.06. The molecule has 0 saturated carbocycles. The Bertz CT molecular complexity index is 1070. The molecule has 0 fully saturated rings. The molecule has 0 unspecified atom stereocenters. The van der Waals surface area contributed by atoms with Crippen molar-refractivity contribution in [3.05, 3.63) is 70.8 Å². The zero-order valence-corrected chi connectivity index (χ0v) is 19.5. The molecule has 2 heterocycles. The molecule has 8 nitrogen and oxygen atoms in total. The quantitative estimate of drug-likeness (QED) is 0.569. The van der Waals surface area contributed by atoms with Crippen LogP contribution in [0.2, 0.25) is 0 Å². The minimum Gasteiger partial charge on any atom is -0.496 e. The van der Waals surface area contributed by atoms with Gasteiger partial charge in [-0.2, -0.15) is 0 Å². The zero-order valence-electron chi connectivity index (χ0n) is 19.5. The molecule has 1 N–H and O–H groups in total. The van der Waals surface area contributed by atoms with E-state index in [1.807, 2.05) is 49.4 Å². The molecule has 1 amide bonds. The van der Waals surface area contributed by atoms with Crippen LogP contribution in [-0.2, 0) is 25.9 Å². The minimum absolute atomic E-state index is 0.0671. The van der Waals surface area contributed by atoms with E-state index in [0.717, 1.165) is 66.9 Å². The Morgan fingerprint density at radius 1 is 1.00 bits per heavy atom. The van der Waals surface area contributed by atoms with Crippen molar-refractivity contribution in [1.82, 2.24) is 25.0 Å². The summed E-state index contributed by atoms with van der Waals surface area (Å²) in [5, 5.41) is 11.8. The van der Waals surface area contributed by atoms with Gasteiger partial charge in [-0.1, -0.05) is 23.8 Å². The van der Waals surface area contributed by atoms with Crippen LogP contribution in [0.5, 0.6) is 11.5 Å². The highest BCUT2D eigenvalue weighted by Gasteiger charge is 2.21. The number of carbonyl (C=O) groups excluding carboxylic acids is 1. The minimum atomic E-state index is -0.0671. The Kier molecular flexibility index (Phi) is 7.24. The predicted octanol–water partition coefficient (Wildman–Crippen LogP) is 2.63. The number of nitrogens with one attached hydrogen (secondary N) is 1. The first-order chi connectivity index (χ1) is 16.1. The Labute approximate surface area is 194 Å². The highest BCUT2D eigenvalue weighted by atomic mass is 16.5. The van der Waals surface area contributed by atoms with Crippen LogP contribution in [-0.4, -0.2) is 59.4 Å². The summed E-state index contributed by atoms with van der Waals surface area (Å²) in [5.74, 6) is 3.50. The van der Waals surface area contributed by atoms with Gasteiger partial charge in [-0.25, -0.2) is 0 Å². The first-order valence-electron chi connectivity index (χ1n) is 11.3. The molecule has 0 bridgehead atoms. The first-order valence-corrected chi connectivity index (χ1v) is 11.3. The van der Waals surface area contributed by atoms with Crippen molar-refractivity contribution in [2.45, 2.75) is 32.9 Å². The van der Waals surface area contributed by atoms with Crippen LogP contribution in [0.3, 0.4) is 0 Å². The number of nitrogens with zero attached hydrogens (tertiary/aromatic N) is 4. The molecule has 1 aromatic heterocycles. The summed E-state index contributed by atoms with van der Waals surface area (Å²) in [7, 11) is 3.37. The van der Waals surface area contributed by atoms with E-state index in [9.17, 15) is 4.79 Å². The van der Waals surface area contributed by atoms with Crippen molar-refractivity contribution in [2.24, 2.45) is 0 Å². The lowest BCUT2D eigenvalue weighted by atomic mass is 10.1. The van der Waals surface area contributed by atoms with Crippen molar-refractivity contribution >= 4 is 5.91 Å². The van der Waals surface area contributed by atoms with Crippen LogP contribution >= 0.6 is 0 Å². The zero-order chi connectivity index (χ0) is 23.2. The molecule has 1 aliphatic heterocycles. The van der Waals surface area contributed by atoms with Crippen molar-refractivity contribution in [3.8, 4) is 11.5 Å². The van der Waals surface area contributed by atoms with Gasteiger partial charge in [0.1, 0.15) is 23.1 Å². The Morgan fingerprint density at radius 2 is 1.73 bits per heavy atom. The van der Waals surface area contributed by atoms with E-state index in [0.29, 0.717) is 18.5 Å². The number of fused-ring (bicyclic) bond motifs is 1. The number of aryl methyl sites for hydroxylation is 1. The molecule has 1 aliphatic rings. The molecule has 4 rings (SSSR count). The molecule has 0 atom stereocenters. The Morgan fingerprint density at radius 3 is 2.42 bits per heavy atom. The third kappa shape index (κ3) is 5.34. The number of carbonyl (C=O) groups is 1. The van der Waals surface area contributed by atoms with Gasteiger partial charge in [0.15, 0.2) is 0 Å². The first kappa shape index (κ1) is 22.8. The summed E-state index contributed by atoms with van der Waals surface area (Å²) in [6.07, 6.45) is 1.46. The van der Waals surface area contributed by atoms with Gasteiger partial charge in [0.2, 0.25) is 0 Å². The summed E-state index contributed by atoms with van der Waals surface area (Å²) in [6, 6.07) is 13.5. The van der Waals surface area contributed by atoms with Gasteiger partial charge in [-0.15, -0.1) is 10.2 Å². The number of hydrogen-bond acceptors (Lipinski definition) is 6. The fourth-order valence-corrected chi connectivity index (χ4v) is 4.17. The lowest BCUT2D eigenvalue weighted by molar-refractivity contribution is 0.0954. The normalized spacial score (nSPS) is 13.8. The number of rotatable bonds is 8. The summed E-state index contributed by atoms with van der Waals surface area (Å²) < 4.78 is 13.3. The lowest BCUT2D eigenvalue weighted by Gasteiger charge is -2.22. The van der Waals surface area contributed by atoms with Crippen LogP contribution in [0.1, 0.15) is 33.1 Å². The van der Waals surface area contributed by atoms with Crippen LogP contribution in [0.25, 0.3) is 0 Å². The van der Waals surface area contributed by atoms with E-state index in [2.05, 4.69) is 25.0 Å². The van der Waals surface area contributed by atoms with Crippen LogP contribution < -0.4 is 14.8 Å². The van der Waals surface area contributed by atoms with Gasteiger partial charge in [0.05, 0.1) is 19.8 Å². The summed E-state index contributed by atoms with van der Waals surface area (Å²) in [6.45, 7) is 5.83. The summed E-state index contributed by atoms with van der Waals surface area (Å²) >= 11 is 0. The highest BCUT2D eigenvalue weighted by Crippen LogP contribution is 2.30. The smallest absolute Gasteiger partial charge is 0.251 e. The fraction of sp³-hybridized carbons (Fsp3) is 0.400. The van der Waals surface area contributed by atoms with E-state index in [1.54, 1.807) is 14.2 Å². The molecule has 33 heavy (non-hydrogen) atoms. The number of hydrogen-bond donors (Lipinski definition) is 1. The van der Waals surface area contributed by atoms with Gasteiger partial charge in [0.25, 0.3) is 5.91 Å². The van der Waals surface area contributed by atoms with Crippen molar-refractivity contribution in [3.63, 3.8) is 0 Å². The Hall–Kier alpha value is -3.39. The van der Waals surface area contributed by atoms with Gasteiger partial charge < -0.3 is 19.4 Å². The number of benzene rings is 2. The number of amides is 1. The fourth-order valence-electron chi connectivity index (χ4n) is 4.17. The van der Waals surface area contributed by atoms with Gasteiger partial charge in [0, 0.05) is 51.1 Å². The number of methoxy groups -OCH3 is 2. The van der Waals surface area contributed by atoms with Crippen molar-refractivity contribution in [2.75, 3.05) is 33.9 Å². The van der Waals surface area contributed by atoms with E-state index in [-0.39, 0.29) is 5.91 Å². The standard InChI is InChI=1S/C25H31N5O3/c1-18-7-9-19(10-8-18)25(31)26-13-11-23-27-28-24-12-14-29(15-16-30(23)24)17-20-21(32-2)5-4-6-22(20)33-3/h4-10H,11-17H2,1-3H3,(H,26,31). The molecule has 8 heteroatoms. The second-order valence-corrected chi connectivity index (χ2v) is 8.22. The average Bonchev–Trinajstić information content (AvgIpc) is 3.11. The largest absolute Gasteiger partial charge is 0.496 e. The predicted molar refractivity (Wildman–Crippen MR) is 126 cm³/mol. The third-order valence-corrected chi connectivity index (χ3v) is 6.06. The van der Waals surface area contributed by atoms with Crippen LogP contribution in [0.15, 0.2) is 42.5 Å². The molecule has 0 saturated heterocycles. The summed E-state index contributed by atoms with van der Waals surface area (Å²) in [5.41, 5.74) is 2.86. The molecule has 0 aliphatic carbocycles. The molecule has 3 aromatic rings. The maximum atomic E-state index is 12.4. The van der Waals surface area contributed by atoms with Crippen molar-refractivity contribution < 1.29 is 14.3 Å². The molecular formula is C25H31N5O3. The topological polar surface area (TPSA) is 81.5 Å². The average molecular weight is 450 g/mol. The van der Waals surface area contributed by atoms with Crippen LogP contribution in [0, 0.1) is 6.92 Å². The molecule has 2 aromatic carbocycles. The second kappa shape index (κ2) is 10.5. The monoisotopic (exact) mass is 449 g/mol. The Balaban J connectivity index is 1.35. The number of ether oxygens (including phenoxy) is 2. The van der Waals surface area contributed by atoms with Gasteiger partial charge in [-0.05, 0) is 31.2 Å². The maximum absolute atomic E-state index is 12.4. The molecule has 0 spiro atoms. The van der Waals surface area contributed by atoms with E-state index in [4.69, 9.17) is 9.47 Å². The highest BCUT2D eigenvalue weighted by molar-refractivity contribution is 5.94. The van der Waals surface area contributed by atoms with E-state index in [1.165, 1.54) is 0 Å². The van der Waals surface area contributed by atoms with Crippen molar-refractivity contribution in [1.29, 1.82) is 0 Å². The molecule has 174 valence electrons. The molecule has 0 radical (unpaired) electrons. The molecular weight excluding hydrogens is 418 g/mol. The van der Waals surface area contributed by atoms with Crippen LogP contribution in [0.4, 0.5) is 0 Å². The second-order valence-electron chi connectivity index (χ2n) is 8.22. The van der Waals surface area contributed by atoms with Gasteiger partial charge >= 0.3 is 0 Å².